The highest BCUT2D eigenvalue weighted by atomic mass is 127. The average molecular weight is 348 g/mol. The van der Waals surface area contributed by atoms with Crippen LogP contribution in [0.5, 0.6) is 5.75 Å². The Hall–Kier alpha value is -0.780. The number of hydrogen-bond acceptors (Lipinski definition) is 2. The van der Waals surface area contributed by atoms with Crippen LogP contribution >= 0.6 is 22.6 Å². The van der Waals surface area contributed by atoms with E-state index in [-0.39, 0.29) is 0 Å². The normalized spacial score (nSPS) is 12.1. The summed E-state index contributed by atoms with van der Waals surface area (Å²) < 4.78 is 6.49. The SMILES string of the molecule is C[C@H](Oc1cccc(CCCCI)c1)C(=O)O. The highest BCUT2D eigenvalue weighted by Gasteiger charge is 2.12. The zero-order valence-electron chi connectivity index (χ0n) is 9.86. The second kappa shape index (κ2) is 7.53. The van der Waals surface area contributed by atoms with Gasteiger partial charge in [0.2, 0.25) is 0 Å². The number of carboxylic acids is 1. The lowest BCUT2D eigenvalue weighted by Crippen LogP contribution is -2.22. The molecule has 0 fully saturated rings. The van der Waals surface area contributed by atoms with Gasteiger partial charge < -0.3 is 9.84 Å². The Morgan fingerprint density at radius 2 is 2.24 bits per heavy atom. The van der Waals surface area contributed by atoms with Gasteiger partial charge in [0, 0.05) is 0 Å². The van der Waals surface area contributed by atoms with Gasteiger partial charge in [-0.15, -0.1) is 0 Å². The first kappa shape index (κ1) is 14.3. The summed E-state index contributed by atoms with van der Waals surface area (Å²) in [6, 6.07) is 7.67. The van der Waals surface area contributed by atoms with Crippen LogP contribution < -0.4 is 4.74 Å². The van der Waals surface area contributed by atoms with E-state index in [1.165, 1.54) is 23.3 Å². The summed E-state index contributed by atoms with van der Waals surface area (Å²) in [6.45, 7) is 1.53. The third kappa shape index (κ3) is 5.39. The molecule has 0 radical (unpaired) electrons. The topological polar surface area (TPSA) is 46.5 Å². The number of alkyl halides is 1. The van der Waals surface area contributed by atoms with Crippen LogP contribution in [-0.4, -0.2) is 21.6 Å². The van der Waals surface area contributed by atoms with Gasteiger partial charge in [0.25, 0.3) is 0 Å². The minimum atomic E-state index is -0.944. The molecule has 0 spiro atoms. The van der Waals surface area contributed by atoms with Crippen molar-refractivity contribution in [3.63, 3.8) is 0 Å². The molecule has 0 saturated heterocycles. The van der Waals surface area contributed by atoms with Crippen LogP contribution in [0.1, 0.15) is 25.3 Å². The van der Waals surface area contributed by atoms with E-state index >= 15 is 0 Å². The standard InChI is InChI=1S/C13H17IO3/c1-10(13(15)16)17-12-7-4-6-11(9-12)5-2-3-8-14/h4,6-7,9-10H,2-3,5,8H2,1H3,(H,15,16)/t10-/m0/s1. The second-order valence-corrected chi connectivity index (χ2v) is 4.97. The largest absolute Gasteiger partial charge is 0.479 e. The quantitative estimate of drug-likeness (QED) is 0.467. The molecular weight excluding hydrogens is 331 g/mol. The van der Waals surface area contributed by atoms with Crippen molar-refractivity contribution in [2.45, 2.75) is 32.3 Å². The number of ether oxygens (including phenoxy) is 1. The highest BCUT2D eigenvalue weighted by molar-refractivity contribution is 14.1. The van der Waals surface area contributed by atoms with Gasteiger partial charge in [-0.2, -0.15) is 0 Å². The number of carbonyl (C=O) groups is 1. The summed E-state index contributed by atoms with van der Waals surface area (Å²) in [5.74, 6) is -0.313. The van der Waals surface area contributed by atoms with Crippen molar-refractivity contribution in [3.8, 4) is 5.75 Å². The first-order valence-electron chi connectivity index (χ1n) is 5.68. The fourth-order valence-corrected chi connectivity index (χ4v) is 1.99. The van der Waals surface area contributed by atoms with Gasteiger partial charge in [0.1, 0.15) is 5.75 Å². The number of halogens is 1. The van der Waals surface area contributed by atoms with Gasteiger partial charge in [0.05, 0.1) is 0 Å². The van der Waals surface area contributed by atoms with Crippen molar-refractivity contribution < 1.29 is 14.6 Å². The summed E-state index contributed by atoms with van der Waals surface area (Å²) >= 11 is 2.37. The summed E-state index contributed by atoms with van der Waals surface area (Å²) in [5, 5.41) is 8.76. The number of carboxylic acid groups (broad SMARTS) is 1. The fraction of sp³-hybridized carbons (Fsp3) is 0.462. The van der Waals surface area contributed by atoms with E-state index in [9.17, 15) is 4.79 Å². The molecule has 0 heterocycles. The number of aliphatic carboxylic acids is 1. The van der Waals surface area contributed by atoms with E-state index in [1.54, 1.807) is 6.07 Å². The van der Waals surface area contributed by atoms with Crippen molar-refractivity contribution >= 4 is 28.6 Å². The van der Waals surface area contributed by atoms with Gasteiger partial charge in [-0.3, -0.25) is 0 Å². The van der Waals surface area contributed by atoms with Gasteiger partial charge in [-0.05, 0) is 48.3 Å². The third-order valence-corrected chi connectivity index (χ3v) is 3.17. The predicted molar refractivity (Wildman–Crippen MR) is 76.0 cm³/mol. The summed E-state index contributed by atoms with van der Waals surface area (Å²) in [6.07, 6.45) is 2.57. The lowest BCUT2D eigenvalue weighted by Gasteiger charge is -2.11. The minimum Gasteiger partial charge on any atom is -0.479 e. The Morgan fingerprint density at radius 3 is 2.88 bits per heavy atom. The Labute approximate surface area is 115 Å². The predicted octanol–water partition coefficient (Wildman–Crippen LogP) is 3.30. The molecule has 0 unspecified atom stereocenters. The first-order valence-corrected chi connectivity index (χ1v) is 7.20. The van der Waals surface area contributed by atoms with Gasteiger partial charge in [0.15, 0.2) is 6.10 Å². The van der Waals surface area contributed by atoms with Crippen LogP contribution in [0.4, 0.5) is 0 Å². The Kier molecular flexibility index (Phi) is 6.32. The van der Waals surface area contributed by atoms with Gasteiger partial charge >= 0.3 is 5.97 Å². The van der Waals surface area contributed by atoms with Gasteiger partial charge in [-0.25, -0.2) is 4.79 Å². The van der Waals surface area contributed by atoms with Crippen LogP contribution in [0.15, 0.2) is 24.3 Å². The maximum Gasteiger partial charge on any atom is 0.344 e. The molecule has 0 amide bonds. The number of hydrogen-bond donors (Lipinski definition) is 1. The molecule has 0 aliphatic rings. The van der Waals surface area contributed by atoms with Crippen molar-refractivity contribution in [1.29, 1.82) is 0 Å². The molecule has 0 aliphatic heterocycles. The third-order valence-electron chi connectivity index (χ3n) is 2.41. The number of benzene rings is 1. The van der Waals surface area contributed by atoms with Crippen LogP contribution in [0.2, 0.25) is 0 Å². The molecule has 0 bridgehead atoms. The van der Waals surface area contributed by atoms with Crippen molar-refractivity contribution in [1.82, 2.24) is 0 Å². The first-order chi connectivity index (χ1) is 8.13. The number of unbranched alkanes of at least 4 members (excludes halogenated alkanes) is 1. The van der Waals surface area contributed by atoms with Crippen molar-refractivity contribution in [2.24, 2.45) is 0 Å². The minimum absolute atomic E-state index is 0.631. The lowest BCUT2D eigenvalue weighted by molar-refractivity contribution is -0.144. The Morgan fingerprint density at radius 1 is 1.47 bits per heavy atom. The molecule has 3 nitrogen and oxygen atoms in total. The zero-order chi connectivity index (χ0) is 12.7. The molecule has 0 aromatic heterocycles. The van der Waals surface area contributed by atoms with Gasteiger partial charge in [-0.1, -0.05) is 34.7 Å². The van der Waals surface area contributed by atoms with Crippen LogP contribution in [0.3, 0.4) is 0 Å². The van der Waals surface area contributed by atoms with Crippen LogP contribution in [0, 0.1) is 0 Å². The fourth-order valence-electron chi connectivity index (χ4n) is 1.45. The van der Waals surface area contributed by atoms with E-state index < -0.39 is 12.1 Å². The van der Waals surface area contributed by atoms with E-state index in [0.29, 0.717) is 5.75 Å². The molecule has 1 aromatic rings. The molecule has 1 rings (SSSR count). The maximum atomic E-state index is 10.7. The maximum absolute atomic E-state index is 10.7. The van der Waals surface area contributed by atoms with Crippen molar-refractivity contribution in [2.75, 3.05) is 4.43 Å². The van der Waals surface area contributed by atoms with Crippen molar-refractivity contribution in [3.05, 3.63) is 29.8 Å². The lowest BCUT2D eigenvalue weighted by atomic mass is 10.1. The molecule has 1 atom stereocenters. The van der Waals surface area contributed by atoms with Crippen LogP contribution in [-0.2, 0) is 11.2 Å². The number of rotatable bonds is 7. The van der Waals surface area contributed by atoms with E-state index in [1.807, 2.05) is 18.2 Å². The monoisotopic (exact) mass is 348 g/mol. The molecular formula is C13H17IO3. The van der Waals surface area contributed by atoms with E-state index in [0.717, 1.165) is 12.8 Å². The molecule has 0 aliphatic carbocycles. The summed E-state index contributed by atoms with van der Waals surface area (Å²) in [5.41, 5.74) is 1.20. The molecule has 1 aromatic carbocycles. The molecule has 0 saturated carbocycles. The smallest absolute Gasteiger partial charge is 0.344 e. The number of aryl methyl sites for hydroxylation is 1. The summed E-state index contributed by atoms with van der Waals surface area (Å²) in [7, 11) is 0. The molecule has 17 heavy (non-hydrogen) atoms. The zero-order valence-corrected chi connectivity index (χ0v) is 12.0. The second-order valence-electron chi connectivity index (χ2n) is 3.89. The molecule has 4 heteroatoms. The average Bonchev–Trinajstić information content (AvgIpc) is 2.30. The van der Waals surface area contributed by atoms with E-state index in [2.05, 4.69) is 22.6 Å². The molecule has 94 valence electrons. The van der Waals surface area contributed by atoms with E-state index in [4.69, 9.17) is 9.84 Å². The highest BCUT2D eigenvalue weighted by Crippen LogP contribution is 2.16. The summed E-state index contributed by atoms with van der Waals surface area (Å²) in [4.78, 5) is 10.7. The Bertz CT molecular complexity index is 365. The Balaban J connectivity index is 2.56. The molecule has 1 N–H and O–H groups in total. The van der Waals surface area contributed by atoms with Crippen LogP contribution in [0.25, 0.3) is 0 Å².